The highest BCUT2D eigenvalue weighted by Gasteiger charge is 2.22. The van der Waals surface area contributed by atoms with E-state index in [2.05, 4.69) is 60.9 Å². The Bertz CT molecular complexity index is 464. The summed E-state index contributed by atoms with van der Waals surface area (Å²) in [7, 11) is 0. The van der Waals surface area contributed by atoms with Crippen LogP contribution >= 0.6 is 0 Å². The molecule has 3 heteroatoms. The molecule has 1 aliphatic heterocycles. The number of piperazine rings is 1. The van der Waals surface area contributed by atoms with Crippen LogP contribution in [0.4, 0.5) is 0 Å². The zero-order valence-corrected chi connectivity index (χ0v) is 13.5. The highest BCUT2D eigenvalue weighted by molar-refractivity contribution is 5.24. The zero-order chi connectivity index (χ0) is 15.2. The Balaban J connectivity index is 1.85. The van der Waals surface area contributed by atoms with Crippen LogP contribution in [0.2, 0.25) is 0 Å². The quantitative estimate of drug-likeness (QED) is 0.832. The molecule has 1 heterocycles. The van der Waals surface area contributed by atoms with Gasteiger partial charge in [0.2, 0.25) is 0 Å². The van der Waals surface area contributed by atoms with Crippen molar-refractivity contribution in [2.75, 3.05) is 26.2 Å². The second-order valence-corrected chi connectivity index (χ2v) is 6.26. The number of nitrogens with zero attached hydrogens (tertiary/aromatic N) is 3. The van der Waals surface area contributed by atoms with Gasteiger partial charge in [0.1, 0.15) is 0 Å². The Morgan fingerprint density at radius 2 is 1.71 bits per heavy atom. The number of nitriles is 1. The molecule has 1 atom stereocenters. The van der Waals surface area contributed by atoms with Crippen LogP contribution in [0.5, 0.6) is 0 Å². The van der Waals surface area contributed by atoms with Crippen molar-refractivity contribution in [3.63, 3.8) is 0 Å². The normalized spacial score (nSPS) is 18.6. The lowest BCUT2D eigenvalue weighted by molar-refractivity contribution is 0.108. The van der Waals surface area contributed by atoms with Gasteiger partial charge in [-0.2, -0.15) is 5.26 Å². The second kappa shape index (κ2) is 7.59. The summed E-state index contributed by atoms with van der Waals surface area (Å²) in [6, 6.07) is 11.5. The molecule has 1 aromatic carbocycles. The molecule has 1 saturated heterocycles. The van der Waals surface area contributed by atoms with Crippen molar-refractivity contribution >= 4 is 0 Å². The first kappa shape index (κ1) is 16.0. The summed E-state index contributed by atoms with van der Waals surface area (Å²) >= 11 is 0. The van der Waals surface area contributed by atoms with Crippen molar-refractivity contribution in [2.45, 2.75) is 45.7 Å². The Morgan fingerprint density at radius 1 is 1.10 bits per heavy atom. The van der Waals surface area contributed by atoms with Gasteiger partial charge in [0.05, 0.1) is 12.1 Å². The molecular formula is C18H27N3. The standard InChI is InChI=1S/C18H27N3/c1-4-18(13-19)21-11-9-20(10-12-21)14-16-5-7-17(8-6-16)15(2)3/h5-8,15,18H,4,9-12,14H2,1-3H3. The number of rotatable bonds is 5. The van der Waals surface area contributed by atoms with Crippen LogP contribution in [0.15, 0.2) is 24.3 Å². The van der Waals surface area contributed by atoms with Gasteiger partial charge in [-0.3, -0.25) is 9.80 Å². The largest absolute Gasteiger partial charge is 0.297 e. The van der Waals surface area contributed by atoms with Gasteiger partial charge in [-0.1, -0.05) is 45.0 Å². The molecule has 114 valence electrons. The van der Waals surface area contributed by atoms with Gasteiger partial charge in [-0.05, 0) is 23.5 Å². The molecule has 0 aliphatic carbocycles. The molecule has 2 rings (SSSR count). The fraction of sp³-hybridized carbons (Fsp3) is 0.611. The molecule has 1 unspecified atom stereocenters. The van der Waals surface area contributed by atoms with Crippen LogP contribution in [-0.4, -0.2) is 42.0 Å². The Morgan fingerprint density at radius 3 is 2.19 bits per heavy atom. The van der Waals surface area contributed by atoms with Crippen molar-refractivity contribution in [3.05, 3.63) is 35.4 Å². The van der Waals surface area contributed by atoms with E-state index in [0.717, 1.165) is 39.1 Å². The van der Waals surface area contributed by atoms with E-state index in [4.69, 9.17) is 5.26 Å². The summed E-state index contributed by atoms with van der Waals surface area (Å²) in [4.78, 5) is 4.81. The second-order valence-electron chi connectivity index (χ2n) is 6.26. The van der Waals surface area contributed by atoms with Crippen LogP contribution in [0, 0.1) is 11.3 Å². The van der Waals surface area contributed by atoms with E-state index in [1.54, 1.807) is 0 Å². The van der Waals surface area contributed by atoms with Crippen LogP contribution in [0.25, 0.3) is 0 Å². The van der Waals surface area contributed by atoms with Crippen molar-refractivity contribution < 1.29 is 0 Å². The van der Waals surface area contributed by atoms with Crippen molar-refractivity contribution in [3.8, 4) is 6.07 Å². The molecule has 0 radical (unpaired) electrons. The van der Waals surface area contributed by atoms with E-state index < -0.39 is 0 Å². The first-order valence-electron chi connectivity index (χ1n) is 8.09. The van der Waals surface area contributed by atoms with Gasteiger partial charge in [-0.15, -0.1) is 0 Å². The molecule has 0 aromatic heterocycles. The first-order chi connectivity index (χ1) is 10.1. The average molecular weight is 285 g/mol. The Kier molecular flexibility index (Phi) is 5.78. The van der Waals surface area contributed by atoms with E-state index >= 15 is 0 Å². The molecule has 0 N–H and O–H groups in total. The maximum absolute atomic E-state index is 9.14. The third-order valence-corrected chi connectivity index (χ3v) is 4.44. The average Bonchev–Trinajstić information content (AvgIpc) is 2.51. The van der Waals surface area contributed by atoms with Crippen molar-refractivity contribution in [1.82, 2.24) is 9.80 Å². The third kappa shape index (κ3) is 4.30. The van der Waals surface area contributed by atoms with Crippen molar-refractivity contribution in [2.24, 2.45) is 0 Å². The highest BCUT2D eigenvalue weighted by atomic mass is 15.3. The lowest BCUT2D eigenvalue weighted by Crippen LogP contribution is -2.49. The monoisotopic (exact) mass is 285 g/mol. The van der Waals surface area contributed by atoms with Crippen LogP contribution < -0.4 is 0 Å². The van der Waals surface area contributed by atoms with Gasteiger partial charge in [0.25, 0.3) is 0 Å². The lowest BCUT2D eigenvalue weighted by atomic mass is 10.0. The van der Waals surface area contributed by atoms with Crippen molar-refractivity contribution in [1.29, 1.82) is 5.26 Å². The minimum atomic E-state index is 0.0949. The highest BCUT2D eigenvalue weighted by Crippen LogP contribution is 2.16. The number of benzene rings is 1. The first-order valence-corrected chi connectivity index (χ1v) is 8.09. The summed E-state index contributed by atoms with van der Waals surface area (Å²) in [5, 5.41) is 9.14. The zero-order valence-electron chi connectivity index (χ0n) is 13.5. The van der Waals surface area contributed by atoms with Gasteiger partial charge in [0.15, 0.2) is 0 Å². The Hall–Kier alpha value is -1.37. The molecule has 0 bridgehead atoms. The van der Waals surface area contributed by atoms with E-state index in [9.17, 15) is 0 Å². The van der Waals surface area contributed by atoms with E-state index in [0.29, 0.717) is 5.92 Å². The van der Waals surface area contributed by atoms with Gasteiger partial charge in [0, 0.05) is 32.7 Å². The molecule has 0 saturated carbocycles. The van der Waals surface area contributed by atoms with Gasteiger partial charge < -0.3 is 0 Å². The Labute approximate surface area is 129 Å². The summed E-state index contributed by atoms with van der Waals surface area (Å²) in [6.07, 6.45) is 0.924. The number of hydrogen-bond acceptors (Lipinski definition) is 3. The molecule has 0 amide bonds. The predicted molar refractivity (Wildman–Crippen MR) is 87.1 cm³/mol. The molecule has 1 fully saturated rings. The molecule has 0 spiro atoms. The summed E-state index contributed by atoms with van der Waals surface area (Å²) in [6.45, 7) is 11.7. The van der Waals surface area contributed by atoms with Crippen LogP contribution in [0.1, 0.15) is 44.2 Å². The lowest BCUT2D eigenvalue weighted by Gasteiger charge is -2.36. The SMILES string of the molecule is CCC(C#N)N1CCN(Cc2ccc(C(C)C)cc2)CC1. The third-order valence-electron chi connectivity index (χ3n) is 4.44. The predicted octanol–water partition coefficient (Wildman–Crippen LogP) is 3.23. The van der Waals surface area contributed by atoms with Gasteiger partial charge in [-0.25, -0.2) is 0 Å². The summed E-state index contributed by atoms with van der Waals surface area (Å²) in [5.41, 5.74) is 2.79. The summed E-state index contributed by atoms with van der Waals surface area (Å²) in [5.74, 6) is 0.597. The summed E-state index contributed by atoms with van der Waals surface area (Å²) < 4.78 is 0. The van der Waals surface area contributed by atoms with E-state index in [1.165, 1.54) is 11.1 Å². The minimum Gasteiger partial charge on any atom is -0.297 e. The fourth-order valence-corrected chi connectivity index (χ4v) is 2.93. The molecular weight excluding hydrogens is 258 g/mol. The molecule has 3 nitrogen and oxygen atoms in total. The fourth-order valence-electron chi connectivity index (χ4n) is 2.93. The smallest absolute Gasteiger partial charge is 0.0976 e. The molecule has 1 aromatic rings. The van der Waals surface area contributed by atoms with Crippen LogP contribution in [0.3, 0.4) is 0 Å². The van der Waals surface area contributed by atoms with E-state index in [1.807, 2.05) is 0 Å². The maximum Gasteiger partial charge on any atom is 0.0976 e. The topological polar surface area (TPSA) is 30.3 Å². The number of hydrogen-bond donors (Lipinski definition) is 0. The van der Waals surface area contributed by atoms with Crippen LogP contribution in [-0.2, 0) is 6.54 Å². The molecule has 21 heavy (non-hydrogen) atoms. The minimum absolute atomic E-state index is 0.0949. The van der Waals surface area contributed by atoms with Gasteiger partial charge >= 0.3 is 0 Å². The maximum atomic E-state index is 9.14. The molecule has 1 aliphatic rings. The van der Waals surface area contributed by atoms with E-state index in [-0.39, 0.29) is 6.04 Å².